The van der Waals surface area contributed by atoms with E-state index in [4.69, 9.17) is 0 Å². The summed E-state index contributed by atoms with van der Waals surface area (Å²) in [5.74, 6) is 0.679. The third-order valence-corrected chi connectivity index (χ3v) is 5.19. The molecule has 0 aliphatic carbocycles. The fraction of sp³-hybridized carbons (Fsp3) is 0.727. The number of nitrogens with zero attached hydrogens (tertiary/aromatic N) is 2. The summed E-state index contributed by atoms with van der Waals surface area (Å²) in [7, 11) is 2.01. The minimum absolute atomic E-state index is 0.583. The number of rotatable bonds is 4. The lowest BCUT2D eigenvalue weighted by Gasteiger charge is -2.13. The van der Waals surface area contributed by atoms with Crippen molar-refractivity contribution in [2.45, 2.75) is 38.4 Å². The van der Waals surface area contributed by atoms with Gasteiger partial charge in [-0.05, 0) is 41.6 Å². The maximum atomic E-state index is 4.39. The SMILES string of the molecule is Cc1nn(C)c(CCC(Br)C(C)C)c1Br. The van der Waals surface area contributed by atoms with Crippen LogP contribution in [0.15, 0.2) is 4.47 Å². The van der Waals surface area contributed by atoms with Crippen LogP contribution in [0.25, 0.3) is 0 Å². The van der Waals surface area contributed by atoms with Gasteiger partial charge >= 0.3 is 0 Å². The lowest BCUT2D eigenvalue weighted by molar-refractivity contribution is 0.567. The number of alkyl halides is 1. The zero-order valence-corrected chi connectivity index (χ0v) is 12.9. The van der Waals surface area contributed by atoms with Gasteiger partial charge in [0.2, 0.25) is 0 Å². The maximum absolute atomic E-state index is 4.39. The second-order valence-electron chi connectivity index (χ2n) is 4.27. The smallest absolute Gasteiger partial charge is 0.0738 e. The van der Waals surface area contributed by atoms with Crippen LogP contribution in [0.1, 0.15) is 31.7 Å². The second kappa shape index (κ2) is 5.48. The Kier molecular flexibility index (Phi) is 4.84. The minimum atomic E-state index is 0.583. The fourth-order valence-corrected chi connectivity index (χ4v) is 2.32. The van der Waals surface area contributed by atoms with E-state index >= 15 is 0 Å². The topological polar surface area (TPSA) is 17.8 Å². The fourth-order valence-electron chi connectivity index (χ4n) is 1.56. The van der Waals surface area contributed by atoms with E-state index in [1.165, 1.54) is 5.69 Å². The molecule has 0 N–H and O–H groups in total. The predicted octanol–water partition coefficient (Wildman–Crippen LogP) is 3.84. The van der Waals surface area contributed by atoms with Crippen molar-refractivity contribution in [2.75, 3.05) is 0 Å². The molecule has 1 unspecified atom stereocenters. The number of aromatic nitrogens is 2. The van der Waals surface area contributed by atoms with Crippen LogP contribution < -0.4 is 0 Å². The molecular weight excluding hydrogens is 320 g/mol. The van der Waals surface area contributed by atoms with Gasteiger partial charge in [0.25, 0.3) is 0 Å². The summed E-state index contributed by atoms with van der Waals surface area (Å²) in [6.45, 7) is 6.51. The van der Waals surface area contributed by atoms with E-state index in [2.05, 4.69) is 50.8 Å². The van der Waals surface area contributed by atoms with Crippen LogP contribution in [0.2, 0.25) is 0 Å². The van der Waals surface area contributed by atoms with E-state index in [0.29, 0.717) is 10.7 Å². The first kappa shape index (κ1) is 13.2. The van der Waals surface area contributed by atoms with Crippen molar-refractivity contribution >= 4 is 31.9 Å². The van der Waals surface area contributed by atoms with Gasteiger partial charge in [-0.15, -0.1) is 0 Å². The molecule has 0 radical (unpaired) electrons. The van der Waals surface area contributed by atoms with Gasteiger partial charge in [0.05, 0.1) is 15.9 Å². The monoisotopic (exact) mass is 336 g/mol. The van der Waals surface area contributed by atoms with Crippen molar-refractivity contribution in [1.29, 1.82) is 0 Å². The molecule has 0 aromatic carbocycles. The van der Waals surface area contributed by atoms with Gasteiger partial charge in [0.15, 0.2) is 0 Å². The van der Waals surface area contributed by atoms with Gasteiger partial charge in [-0.1, -0.05) is 29.8 Å². The molecule has 2 nitrogen and oxygen atoms in total. The zero-order chi connectivity index (χ0) is 11.6. The highest BCUT2D eigenvalue weighted by Gasteiger charge is 2.14. The number of halogens is 2. The van der Waals surface area contributed by atoms with Crippen molar-refractivity contribution in [1.82, 2.24) is 9.78 Å². The Morgan fingerprint density at radius 1 is 1.40 bits per heavy atom. The molecule has 1 aromatic rings. The Bertz CT molecular complexity index is 332. The van der Waals surface area contributed by atoms with E-state index in [1.807, 2.05) is 18.7 Å². The van der Waals surface area contributed by atoms with Crippen LogP contribution in [0.4, 0.5) is 0 Å². The molecule has 0 spiro atoms. The summed E-state index contributed by atoms with van der Waals surface area (Å²) in [6, 6.07) is 0. The Labute approximate surface area is 109 Å². The standard InChI is InChI=1S/C11H18Br2N2/c1-7(2)9(12)5-6-10-11(13)8(3)14-15(10)4/h7,9H,5-6H2,1-4H3. The van der Waals surface area contributed by atoms with Crippen molar-refractivity contribution in [3.63, 3.8) is 0 Å². The zero-order valence-electron chi connectivity index (χ0n) is 9.72. The first-order chi connectivity index (χ1) is 6.93. The summed E-state index contributed by atoms with van der Waals surface area (Å²) < 4.78 is 3.13. The van der Waals surface area contributed by atoms with Gasteiger partial charge in [-0.2, -0.15) is 5.10 Å². The molecule has 86 valence electrons. The molecular formula is C11H18Br2N2. The number of hydrogen-bond acceptors (Lipinski definition) is 1. The van der Waals surface area contributed by atoms with Gasteiger partial charge in [-0.3, -0.25) is 4.68 Å². The Balaban J connectivity index is 2.65. The maximum Gasteiger partial charge on any atom is 0.0738 e. The summed E-state index contributed by atoms with van der Waals surface area (Å²) in [6.07, 6.45) is 2.21. The molecule has 15 heavy (non-hydrogen) atoms. The van der Waals surface area contributed by atoms with Crippen LogP contribution >= 0.6 is 31.9 Å². The minimum Gasteiger partial charge on any atom is -0.271 e. The lowest BCUT2D eigenvalue weighted by Crippen LogP contribution is -2.10. The number of hydrogen-bond donors (Lipinski definition) is 0. The lowest BCUT2D eigenvalue weighted by atomic mass is 10.1. The summed E-state index contributed by atoms with van der Waals surface area (Å²) in [5, 5.41) is 4.39. The van der Waals surface area contributed by atoms with Crippen LogP contribution in [-0.4, -0.2) is 14.6 Å². The van der Waals surface area contributed by atoms with Crippen molar-refractivity contribution in [3.8, 4) is 0 Å². The van der Waals surface area contributed by atoms with E-state index in [1.54, 1.807) is 0 Å². The average Bonchev–Trinajstić information content (AvgIpc) is 2.38. The molecule has 0 amide bonds. The predicted molar refractivity (Wildman–Crippen MR) is 71.5 cm³/mol. The molecule has 0 saturated carbocycles. The normalized spacial score (nSPS) is 13.5. The Morgan fingerprint density at radius 2 is 2.00 bits per heavy atom. The third-order valence-electron chi connectivity index (χ3n) is 2.64. The molecule has 4 heteroatoms. The molecule has 1 aromatic heterocycles. The van der Waals surface area contributed by atoms with Crippen LogP contribution in [0.5, 0.6) is 0 Å². The Morgan fingerprint density at radius 3 is 2.40 bits per heavy atom. The molecule has 0 bridgehead atoms. The van der Waals surface area contributed by atoms with Crippen molar-refractivity contribution in [3.05, 3.63) is 15.9 Å². The van der Waals surface area contributed by atoms with E-state index in [-0.39, 0.29) is 0 Å². The first-order valence-corrected chi connectivity index (χ1v) is 6.96. The van der Waals surface area contributed by atoms with Gasteiger partial charge in [0, 0.05) is 11.9 Å². The molecule has 1 rings (SSSR count). The third kappa shape index (κ3) is 3.31. The summed E-state index contributed by atoms with van der Waals surface area (Å²) in [4.78, 5) is 0.583. The molecule has 1 atom stereocenters. The van der Waals surface area contributed by atoms with Gasteiger partial charge in [0.1, 0.15) is 0 Å². The van der Waals surface area contributed by atoms with Gasteiger partial charge < -0.3 is 0 Å². The summed E-state index contributed by atoms with van der Waals surface area (Å²) in [5.41, 5.74) is 2.36. The quantitative estimate of drug-likeness (QED) is 0.763. The van der Waals surface area contributed by atoms with E-state index in [0.717, 1.165) is 23.0 Å². The highest BCUT2D eigenvalue weighted by atomic mass is 79.9. The highest BCUT2D eigenvalue weighted by molar-refractivity contribution is 9.10. The first-order valence-electron chi connectivity index (χ1n) is 5.25. The Hall–Kier alpha value is 0.170. The van der Waals surface area contributed by atoms with Gasteiger partial charge in [-0.25, -0.2) is 0 Å². The van der Waals surface area contributed by atoms with Crippen LogP contribution in [-0.2, 0) is 13.5 Å². The molecule has 0 fully saturated rings. The highest BCUT2D eigenvalue weighted by Crippen LogP contribution is 2.24. The van der Waals surface area contributed by atoms with E-state index in [9.17, 15) is 0 Å². The van der Waals surface area contributed by atoms with Crippen molar-refractivity contribution in [2.24, 2.45) is 13.0 Å². The van der Waals surface area contributed by atoms with Crippen molar-refractivity contribution < 1.29 is 0 Å². The summed E-state index contributed by atoms with van der Waals surface area (Å²) >= 11 is 7.30. The molecule has 0 saturated heterocycles. The van der Waals surface area contributed by atoms with Crippen LogP contribution in [0, 0.1) is 12.8 Å². The molecule has 0 aliphatic rings. The average molecular weight is 338 g/mol. The largest absolute Gasteiger partial charge is 0.271 e. The molecule has 0 aliphatic heterocycles. The molecule has 1 heterocycles. The second-order valence-corrected chi connectivity index (χ2v) is 6.24. The van der Waals surface area contributed by atoms with Crippen LogP contribution in [0.3, 0.4) is 0 Å². The number of aryl methyl sites for hydroxylation is 2. The van der Waals surface area contributed by atoms with E-state index < -0.39 is 0 Å².